The van der Waals surface area contributed by atoms with Gasteiger partial charge in [-0.15, -0.1) is 5.10 Å². The number of nitrogens with one attached hydrogen (secondary N) is 1. The quantitative estimate of drug-likeness (QED) is 0.650. The number of aromatic amines is 1. The minimum atomic E-state index is -0.544. The number of nitrogens with zero attached hydrogens (tertiary/aromatic N) is 2. The maximum absolute atomic E-state index is 9.92. The number of ether oxygens (including phenoxy) is 4. The summed E-state index contributed by atoms with van der Waals surface area (Å²) in [5, 5.41) is 17.3. The van der Waals surface area contributed by atoms with Gasteiger partial charge in [0, 0.05) is 5.56 Å². The summed E-state index contributed by atoms with van der Waals surface area (Å²) in [6.07, 6.45) is 0. The molecule has 1 aliphatic heterocycles. The van der Waals surface area contributed by atoms with Crippen molar-refractivity contribution in [1.82, 2.24) is 10.2 Å². The number of benzene rings is 2. The van der Waals surface area contributed by atoms with Gasteiger partial charge in [-0.2, -0.15) is 5.26 Å². The zero-order valence-corrected chi connectivity index (χ0v) is 17.6. The normalized spacial score (nSPS) is 15.0. The first kappa shape index (κ1) is 20.2. The molecule has 2 heterocycles. The van der Waals surface area contributed by atoms with Crippen molar-refractivity contribution in [3.8, 4) is 40.5 Å². The summed E-state index contributed by atoms with van der Waals surface area (Å²) in [6, 6.07) is 13.8. The molecule has 1 aliphatic rings. The van der Waals surface area contributed by atoms with Gasteiger partial charge in [-0.25, -0.2) is 0 Å². The molecule has 31 heavy (non-hydrogen) atoms. The van der Waals surface area contributed by atoms with E-state index in [0.717, 1.165) is 22.4 Å². The standard InChI is InChI=1S/C23H22N4O4/c1-12-5-7-13(8-6-12)20-19-18(15(11-24)22(25)31-23(19)27-26-20)14-9-16(28-2)21(30-4)17(10-14)29-3/h5-10,18H,25H2,1-4H3,(H,26,27)/t18-/m1/s1. The summed E-state index contributed by atoms with van der Waals surface area (Å²) >= 11 is 0. The highest BCUT2D eigenvalue weighted by Gasteiger charge is 2.36. The number of fused-ring (bicyclic) bond motifs is 1. The molecular weight excluding hydrogens is 396 g/mol. The Labute approximate surface area is 179 Å². The van der Waals surface area contributed by atoms with Gasteiger partial charge in [0.2, 0.25) is 17.5 Å². The van der Waals surface area contributed by atoms with Crippen molar-refractivity contribution in [3.05, 3.63) is 64.5 Å². The largest absolute Gasteiger partial charge is 0.493 e. The fourth-order valence-electron chi connectivity index (χ4n) is 3.79. The molecule has 0 saturated carbocycles. The van der Waals surface area contributed by atoms with Gasteiger partial charge in [0.05, 0.1) is 38.5 Å². The Bertz CT molecular complexity index is 1180. The van der Waals surface area contributed by atoms with Crippen LogP contribution in [-0.4, -0.2) is 31.5 Å². The lowest BCUT2D eigenvalue weighted by atomic mass is 9.82. The molecule has 1 atom stereocenters. The number of rotatable bonds is 5. The Kier molecular flexibility index (Phi) is 5.17. The maximum atomic E-state index is 9.92. The molecule has 8 heteroatoms. The monoisotopic (exact) mass is 418 g/mol. The molecule has 158 valence electrons. The first-order valence-electron chi connectivity index (χ1n) is 9.55. The highest BCUT2D eigenvalue weighted by atomic mass is 16.5. The van der Waals surface area contributed by atoms with Crippen LogP contribution in [-0.2, 0) is 0 Å². The molecule has 3 N–H and O–H groups in total. The Morgan fingerprint density at radius 2 is 1.71 bits per heavy atom. The molecule has 0 amide bonds. The Hall–Kier alpha value is -4.12. The number of hydrogen-bond acceptors (Lipinski definition) is 7. The lowest BCUT2D eigenvalue weighted by molar-refractivity contribution is 0.323. The predicted octanol–water partition coefficient (Wildman–Crippen LogP) is 3.63. The first-order valence-corrected chi connectivity index (χ1v) is 9.55. The summed E-state index contributed by atoms with van der Waals surface area (Å²) in [5.41, 5.74) is 10.6. The van der Waals surface area contributed by atoms with E-state index in [2.05, 4.69) is 16.3 Å². The number of allylic oxidation sites excluding steroid dienone is 1. The molecule has 0 unspecified atom stereocenters. The van der Waals surface area contributed by atoms with Crippen LogP contribution in [0.5, 0.6) is 23.1 Å². The second-order valence-electron chi connectivity index (χ2n) is 7.07. The number of nitrogens with two attached hydrogens (primary N) is 1. The van der Waals surface area contributed by atoms with E-state index < -0.39 is 5.92 Å². The summed E-state index contributed by atoms with van der Waals surface area (Å²) < 4.78 is 22.1. The molecule has 0 aliphatic carbocycles. The van der Waals surface area contributed by atoms with Crippen LogP contribution in [0.2, 0.25) is 0 Å². The van der Waals surface area contributed by atoms with Crippen LogP contribution in [0.25, 0.3) is 11.3 Å². The minimum Gasteiger partial charge on any atom is -0.493 e. The third-order valence-electron chi connectivity index (χ3n) is 5.30. The summed E-state index contributed by atoms with van der Waals surface area (Å²) in [7, 11) is 4.62. The smallest absolute Gasteiger partial charge is 0.244 e. The van der Waals surface area contributed by atoms with Crippen molar-refractivity contribution >= 4 is 0 Å². The first-order chi connectivity index (χ1) is 15.0. The fraction of sp³-hybridized carbons (Fsp3) is 0.217. The van der Waals surface area contributed by atoms with Crippen LogP contribution in [0.3, 0.4) is 0 Å². The lowest BCUT2D eigenvalue weighted by Gasteiger charge is -2.25. The molecule has 0 radical (unpaired) electrons. The average Bonchev–Trinajstić information content (AvgIpc) is 3.20. The zero-order chi connectivity index (χ0) is 22.1. The van der Waals surface area contributed by atoms with Crippen molar-refractivity contribution in [3.63, 3.8) is 0 Å². The van der Waals surface area contributed by atoms with Gasteiger partial charge in [-0.1, -0.05) is 29.8 Å². The third-order valence-corrected chi connectivity index (χ3v) is 5.30. The molecule has 0 spiro atoms. The van der Waals surface area contributed by atoms with Gasteiger partial charge in [-0.05, 0) is 24.6 Å². The summed E-state index contributed by atoms with van der Waals surface area (Å²) in [4.78, 5) is 0. The lowest BCUT2D eigenvalue weighted by Crippen LogP contribution is -2.21. The highest BCUT2D eigenvalue weighted by Crippen LogP contribution is 2.49. The summed E-state index contributed by atoms with van der Waals surface area (Å²) in [6.45, 7) is 2.02. The van der Waals surface area contributed by atoms with Crippen LogP contribution in [0.4, 0.5) is 0 Å². The SMILES string of the molecule is COc1cc([C@@H]2C(C#N)=C(N)Oc3n[nH]c(-c4ccc(C)cc4)c32)cc(OC)c1OC. The number of nitriles is 1. The number of hydrogen-bond donors (Lipinski definition) is 2. The van der Waals surface area contributed by atoms with Gasteiger partial charge in [0.1, 0.15) is 11.6 Å². The van der Waals surface area contributed by atoms with Crippen LogP contribution < -0.4 is 24.7 Å². The van der Waals surface area contributed by atoms with Gasteiger partial charge in [-0.3, -0.25) is 5.10 Å². The topological polar surface area (TPSA) is 115 Å². The second kappa shape index (κ2) is 7.95. The van der Waals surface area contributed by atoms with E-state index in [1.807, 2.05) is 31.2 Å². The van der Waals surface area contributed by atoms with E-state index in [-0.39, 0.29) is 11.5 Å². The van der Waals surface area contributed by atoms with Crippen LogP contribution in [0.15, 0.2) is 47.9 Å². The fourth-order valence-corrected chi connectivity index (χ4v) is 3.79. The van der Waals surface area contributed by atoms with Crippen molar-refractivity contribution in [2.75, 3.05) is 21.3 Å². The number of methoxy groups -OCH3 is 3. The van der Waals surface area contributed by atoms with Gasteiger partial charge >= 0.3 is 0 Å². The van der Waals surface area contributed by atoms with Crippen LogP contribution in [0, 0.1) is 18.3 Å². The third kappa shape index (κ3) is 3.30. The number of H-pyrrole nitrogens is 1. The van der Waals surface area contributed by atoms with Crippen LogP contribution >= 0.6 is 0 Å². The van der Waals surface area contributed by atoms with E-state index in [4.69, 9.17) is 24.7 Å². The predicted molar refractivity (Wildman–Crippen MR) is 114 cm³/mol. The molecule has 0 fully saturated rings. The highest BCUT2D eigenvalue weighted by molar-refractivity contribution is 5.72. The van der Waals surface area contributed by atoms with Gasteiger partial charge in [0.25, 0.3) is 0 Å². The Balaban J connectivity index is 1.97. The van der Waals surface area contributed by atoms with Crippen LogP contribution in [0.1, 0.15) is 22.6 Å². The van der Waals surface area contributed by atoms with Crippen molar-refractivity contribution in [1.29, 1.82) is 5.26 Å². The van der Waals surface area contributed by atoms with Crippen molar-refractivity contribution < 1.29 is 18.9 Å². The molecule has 2 aromatic carbocycles. The Morgan fingerprint density at radius 3 is 2.26 bits per heavy atom. The Morgan fingerprint density at radius 1 is 1.06 bits per heavy atom. The van der Waals surface area contributed by atoms with Gasteiger partial charge in [0.15, 0.2) is 11.5 Å². The van der Waals surface area contributed by atoms with Crippen molar-refractivity contribution in [2.45, 2.75) is 12.8 Å². The summed E-state index contributed by atoms with van der Waals surface area (Å²) in [5.74, 6) is 1.20. The molecule has 0 bridgehead atoms. The van der Waals surface area contributed by atoms with E-state index >= 15 is 0 Å². The zero-order valence-electron chi connectivity index (χ0n) is 17.6. The molecule has 4 rings (SSSR count). The van der Waals surface area contributed by atoms with Gasteiger partial charge < -0.3 is 24.7 Å². The second-order valence-corrected chi connectivity index (χ2v) is 7.07. The maximum Gasteiger partial charge on any atom is 0.244 e. The van der Waals surface area contributed by atoms with Crippen molar-refractivity contribution in [2.24, 2.45) is 5.73 Å². The average molecular weight is 418 g/mol. The molecule has 1 aromatic heterocycles. The van der Waals surface area contributed by atoms with E-state index in [1.165, 1.54) is 7.11 Å². The molecule has 0 saturated heterocycles. The number of aromatic nitrogens is 2. The molecular formula is C23H22N4O4. The molecule has 8 nitrogen and oxygen atoms in total. The van der Waals surface area contributed by atoms with E-state index in [0.29, 0.717) is 28.7 Å². The molecule has 3 aromatic rings. The van der Waals surface area contributed by atoms with E-state index in [9.17, 15) is 5.26 Å². The van der Waals surface area contributed by atoms with E-state index in [1.54, 1.807) is 26.4 Å². The number of aryl methyl sites for hydroxylation is 1. The minimum absolute atomic E-state index is 0.00991.